The molecule has 1 heterocycles. The maximum absolute atomic E-state index is 12.6. The highest BCUT2D eigenvalue weighted by Gasteiger charge is 2.59. The Kier molecular flexibility index (Phi) is 4.20. The molecule has 1 amide bonds. The van der Waals surface area contributed by atoms with E-state index in [1.54, 1.807) is 7.11 Å². The molecule has 1 saturated carbocycles. The number of benzene rings is 1. The first-order valence-corrected chi connectivity index (χ1v) is 7.87. The van der Waals surface area contributed by atoms with Gasteiger partial charge in [0.05, 0.1) is 0 Å². The fourth-order valence-corrected chi connectivity index (χ4v) is 3.07. The van der Waals surface area contributed by atoms with Gasteiger partial charge < -0.3 is 9.64 Å². The number of rotatable bonds is 6. The molecule has 114 valence electrons. The molecule has 1 aliphatic heterocycles. The first kappa shape index (κ1) is 14.8. The number of carbonyl (C=O) groups excluding carboxylic acids is 1. The molecular weight excluding hydrogens is 288 g/mol. The first-order chi connectivity index (χ1) is 10.2. The minimum Gasteiger partial charge on any atom is -0.385 e. The number of ether oxygens (including phenoxy) is 1. The lowest BCUT2D eigenvalue weighted by molar-refractivity contribution is -0.131. The number of unbranched alkanes of at least 4 members (excludes halogenated alkanes) is 1. The smallest absolute Gasteiger partial charge is 0.244 e. The summed E-state index contributed by atoms with van der Waals surface area (Å²) in [4.78, 5) is 14.6. The largest absolute Gasteiger partial charge is 0.385 e. The summed E-state index contributed by atoms with van der Waals surface area (Å²) in [6, 6.07) is 7.75. The number of halogens is 1. The molecule has 1 unspecified atom stereocenters. The van der Waals surface area contributed by atoms with Crippen molar-refractivity contribution < 1.29 is 9.53 Å². The Morgan fingerprint density at radius 1 is 1.33 bits per heavy atom. The standard InChI is InChI=1S/C16H21ClN2O2/c1-21-11-3-2-10-19-14(12-4-6-13(17)7-5-12)18-16(8-9-16)15(19)20/h4-7,14,18H,2-3,8-11H2,1H3. The van der Waals surface area contributed by atoms with Gasteiger partial charge in [-0.05, 0) is 43.4 Å². The van der Waals surface area contributed by atoms with Crippen LogP contribution >= 0.6 is 11.6 Å². The number of hydrogen-bond donors (Lipinski definition) is 1. The van der Waals surface area contributed by atoms with E-state index in [9.17, 15) is 4.79 Å². The van der Waals surface area contributed by atoms with Crippen LogP contribution in [0.1, 0.15) is 37.4 Å². The van der Waals surface area contributed by atoms with Gasteiger partial charge in [0, 0.05) is 25.3 Å². The molecular formula is C16H21ClN2O2. The predicted octanol–water partition coefficient (Wildman–Crippen LogP) is 2.73. The Balaban J connectivity index is 1.73. The summed E-state index contributed by atoms with van der Waals surface area (Å²) >= 11 is 5.96. The summed E-state index contributed by atoms with van der Waals surface area (Å²) in [7, 11) is 1.71. The van der Waals surface area contributed by atoms with Crippen LogP contribution in [0.4, 0.5) is 0 Å². The molecule has 2 fully saturated rings. The fraction of sp³-hybridized carbons (Fsp3) is 0.562. The molecule has 5 heteroatoms. The zero-order chi connectivity index (χ0) is 14.9. The van der Waals surface area contributed by atoms with Gasteiger partial charge in [-0.25, -0.2) is 0 Å². The third-order valence-corrected chi connectivity index (χ3v) is 4.58. The molecule has 0 bridgehead atoms. The van der Waals surface area contributed by atoms with E-state index >= 15 is 0 Å². The molecule has 1 atom stereocenters. The van der Waals surface area contributed by atoms with Crippen LogP contribution in [0.3, 0.4) is 0 Å². The maximum Gasteiger partial charge on any atom is 0.244 e. The number of amides is 1. The van der Waals surface area contributed by atoms with Gasteiger partial charge >= 0.3 is 0 Å². The molecule has 1 aromatic rings. The maximum atomic E-state index is 12.6. The highest BCUT2D eigenvalue weighted by molar-refractivity contribution is 6.30. The topological polar surface area (TPSA) is 41.6 Å². The Bertz CT molecular complexity index is 514. The minimum absolute atomic E-state index is 0.0280. The van der Waals surface area contributed by atoms with Crippen LogP contribution in [-0.2, 0) is 9.53 Å². The van der Waals surface area contributed by atoms with Crippen molar-refractivity contribution in [3.05, 3.63) is 34.9 Å². The number of hydrogen-bond acceptors (Lipinski definition) is 3. The molecule has 0 radical (unpaired) electrons. The highest BCUT2D eigenvalue weighted by atomic mass is 35.5. The predicted molar refractivity (Wildman–Crippen MR) is 82.1 cm³/mol. The van der Waals surface area contributed by atoms with Crippen LogP contribution < -0.4 is 5.32 Å². The van der Waals surface area contributed by atoms with E-state index < -0.39 is 0 Å². The minimum atomic E-state index is -0.286. The molecule has 1 aliphatic carbocycles. The SMILES string of the molecule is COCCCCN1C(=O)C2(CC2)NC1c1ccc(Cl)cc1. The second-order valence-corrected chi connectivity index (χ2v) is 6.32. The van der Waals surface area contributed by atoms with E-state index in [0.29, 0.717) is 0 Å². The normalized spacial score (nSPS) is 23.0. The zero-order valence-electron chi connectivity index (χ0n) is 12.3. The second-order valence-electron chi connectivity index (χ2n) is 5.88. The molecule has 1 saturated heterocycles. The van der Waals surface area contributed by atoms with E-state index in [-0.39, 0.29) is 17.6 Å². The van der Waals surface area contributed by atoms with Crippen molar-refractivity contribution in [3.63, 3.8) is 0 Å². The third kappa shape index (κ3) is 2.93. The molecule has 4 nitrogen and oxygen atoms in total. The lowest BCUT2D eigenvalue weighted by atomic mass is 10.1. The summed E-state index contributed by atoms with van der Waals surface area (Å²) in [6.07, 6.45) is 3.80. The third-order valence-electron chi connectivity index (χ3n) is 4.33. The highest BCUT2D eigenvalue weighted by Crippen LogP contribution is 2.46. The van der Waals surface area contributed by atoms with Crippen LogP contribution in [0.5, 0.6) is 0 Å². The van der Waals surface area contributed by atoms with Crippen molar-refractivity contribution >= 4 is 17.5 Å². The molecule has 1 aromatic carbocycles. The summed E-state index contributed by atoms with van der Waals surface area (Å²) in [6.45, 7) is 1.51. The Morgan fingerprint density at radius 3 is 2.67 bits per heavy atom. The van der Waals surface area contributed by atoms with Gasteiger partial charge in [-0.3, -0.25) is 10.1 Å². The van der Waals surface area contributed by atoms with Crippen LogP contribution in [-0.4, -0.2) is 36.6 Å². The molecule has 1 N–H and O–H groups in total. The van der Waals surface area contributed by atoms with Gasteiger partial charge in [-0.15, -0.1) is 0 Å². The molecule has 3 rings (SSSR count). The van der Waals surface area contributed by atoms with Crippen molar-refractivity contribution in [2.24, 2.45) is 0 Å². The monoisotopic (exact) mass is 308 g/mol. The Labute approximate surface area is 130 Å². The van der Waals surface area contributed by atoms with Gasteiger partial charge in [0.2, 0.25) is 5.91 Å². The van der Waals surface area contributed by atoms with Gasteiger partial charge in [0.1, 0.15) is 11.7 Å². The van der Waals surface area contributed by atoms with Crippen molar-refractivity contribution in [3.8, 4) is 0 Å². The number of nitrogens with zero attached hydrogens (tertiary/aromatic N) is 1. The molecule has 21 heavy (non-hydrogen) atoms. The Morgan fingerprint density at radius 2 is 2.05 bits per heavy atom. The van der Waals surface area contributed by atoms with Gasteiger partial charge in [0.25, 0.3) is 0 Å². The van der Waals surface area contributed by atoms with Crippen molar-refractivity contribution in [1.29, 1.82) is 0 Å². The van der Waals surface area contributed by atoms with Crippen molar-refractivity contribution in [2.45, 2.75) is 37.4 Å². The van der Waals surface area contributed by atoms with E-state index in [1.807, 2.05) is 29.2 Å². The number of methoxy groups -OCH3 is 1. The average Bonchev–Trinajstić information content (AvgIpc) is 3.21. The summed E-state index contributed by atoms with van der Waals surface area (Å²) in [5.41, 5.74) is 0.814. The van der Waals surface area contributed by atoms with Crippen LogP contribution in [0.25, 0.3) is 0 Å². The Hall–Kier alpha value is -1.10. The van der Waals surface area contributed by atoms with Crippen molar-refractivity contribution in [2.75, 3.05) is 20.3 Å². The van der Waals surface area contributed by atoms with Crippen molar-refractivity contribution in [1.82, 2.24) is 10.2 Å². The van der Waals surface area contributed by atoms with Crippen LogP contribution in [0, 0.1) is 0 Å². The summed E-state index contributed by atoms with van der Waals surface area (Å²) in [5, 5.41) is 4.24. The second kappa shape index (κ2) is 5.95. The van der Waals surface area contributed by atoms with Gasteiger partial charge in [-0.1, -0.05) is 23.7 Å². The molecule has 1 spiro atoms. The first-order valence-electron chi connectivity index (χ1n) is 7.49. The van der Waals surface area contributed by atoms with Crippen LogP contribution in [0.15, 0.2) is 24.3 Å². The summed E-state index contributed by atoms with van der Waals surface area (Å²) < 4.78 is 5.08. The van der Waals surface area contributed by atoms with E-state index in [4.69, 9.17) is 16.3 Å². The average molecular weight is 309 g/mol. The fourth-order valence-electron chi connectivity index (χ4n) is 2.94. The lowest BCUT2D eigenvalue weighted by Crippen LogP contribution is -2.33. The van der Waals surface area contributed by atoms with Gasteiger partial charge in [0.15, 0.2) is 0 Å². The number of nitrogens with one attached hydrogen (secondary N) is 1. The number of carbonyl (C=O) groups is 1. The van der Waals surface area contributed by atoms with E-state index in [2.05, 4.69) is 5.32 Å². The quantitative estimate of drug-likeness (QED) is 0.822. The molecule has 0 aromatic heterocycles. The van der Waals surface area contributed by atoms with Gasteiger partial charge in [-0.2, -0.15) is 0 Å². The molecule has 2 aliphatic rings. The van der Waals surface area contributed by atoms with Crippen LogP contribution in [0.2, 0.25) is 5.02 Å². The zero-order valence-corrected chi connectivity index (χ0v) is 13.0. The van der Waals surface area contributed by atoms with E-state index in [1.165, 1.54) is 0 Å². The summed E-state index contributed by atoms with van der Waals surface area (Å²) in [5.74, 6) is 0.250. The van der Waals surface area contributed by atoms with E-state index in [0.717, 1.165) is 49.4 Å². The lowest BCUT2D eigenvalue weighted by Gasteiger charge is -2.24.